The summed E-state index contributed by atoms with van der Waals surface area (Å²) in [6.07, 6.45) is -9.33. The molecule has 0 fully saturated rings. The Hall–Kier alpha value is -1.32. The molecule has 0 aliphatic rings. The van der Waals surface area contributed by atoms with Crippen LogP contribution in [-0.2, 0) is 47.9 Å². The molecule has 0 aliphatic carbocycles. The van der Waals surface area contributed by atoms with Gasteiger partial charge in [0, 0.05) is 0 Å². The van der Waals surface area contributed by atoms with E-state index in [1.165, 1.54) is 0 Å². The first kappa shape index (κ1) is 36.0. The Bertz CT molecular complexity index is 164. The molecule has 0 saturated carbocycles. The molecule has 0 radical (unpaired) electrons. The van der Waals surface area contributed by atoms with Crippen molar-refractivity contribution in [1.82, 2.24) is 0 Å². The van der Waals surface area contributed by atoms with Gasteiger partial charge >= 0.3 is 47.9 Å². The van der Waals surface area contributed by atoms with Crippen LogP contribution in [0.5, 0.6) is 0 Å². The Morgan fingerprint density at radius 1 is 0.444 bits per heavy atom. The first-order valence-corrected chi connectivity index (χ1v) is 2.45. The van der Waals surface area contributed by atoms with Gasteiger partial charge in [0.2, 0.25) is 0 Å². The average Bonchev–Trinajstić information content (AvgIpc) is 1.76. The third-order valence-electron chi connectivity index (χ3n) is 0. The average molecular weight is 379 g/mol. The summed E-state index contributed by atoms with van der Waals surface area (Å²) in [5, 5.41) is 66.7. The zero-order valence-electron chi connectivity index (χ0n) is 7.90. The van der Waals surface area contributed by atoms with E-state index >= 15 is 0 Å². The summed E-state index contributed by atoms with van der Waals surface area (Å²) < 4.78 is 0. The van der Waals surface area contributed by atoms with Crippen molar-refractivity contribution >= 4 is 24.6 Å². The van der Waals surface area contributed by atoms with Gasteiger partial charge in [-0.15, -0.1) is 0 Å². The van der Waals surface area contributed by atoms with Crippen LogP contribution < -0.4 is 40.9 Å². The summed E-state index contributed by atoms with van der Waals surface area (Å²) in [4.78, 5) is 33.3. The van der Waals surface area contributed by atoms with Crippen molar-refractivity contribution in [1.29, 1.82) is 0 Å². The molecule has 18 heavy (non-hydrogen) atoms. The van der Waals surface area contributed by atoms with Crippen molar-refractivity contribution < 1.29 is 108 Å². The standard InChI is InChI=1S/4CH2O3.Ti.Zr/c4*2-1(3)4;;/h4*(H2,2,3,4);;/q;;;;2*+4/p-8. The summed E-state index contributed by atoms with van der Waals surface area (Å²) in [6, 6.07) is 0. The van der Waals surface area contributed by atoms with Crippen molar-refractivity contribution in [3.8, 4) is 0 Å². The van der Waals surface area contributed by atoms with E-state index in [4.69, 9.17) is 60.0 Å². The van der Waals surface area contributed by atoms with Gasteiger partial charge in [-0.2, -0.15) is 0 Å². The van der Waals surface area contributed by atoms with Crippen LogP contribution in [-0.4, -0.2) is 24.6 Å². The first-order chi connectivity index (χ1) is 6.93. The maximum atomic E-state index is 8.33. The van der Waals surface area contributed by atoms with Gasteiger partial charge in [-0.1, -0.05) is 0 Å². The second-order valence-corrected chi connectivity index (χ2v) is 1.00. The monoisotopic (exact) mass is 378 g/mol. The van der Waals surface area contributed by atoms with Gasteiger partial charge in [0.25, 0.3) is 0 Å². The molecule has 12 nitrogen and oxygen atoms in total. The summed E-state index contributed by atoms with van der Waals surface area (Å²) in [7, 11) is 0. The third kappa shape index (κ3) is 1570. The number of carbonyl (C=O) groups is 4. The molecule has 0 rings (SSSR count). The van der Waals surface area contributed by atoms with Crippen LogP contribution in [0.1, 0.15) is 0 Å². The van der Waals surface area contributed by atoms with Crippen LogP contribution in [0.4, 0.5) is 19.2 Å². The van der Waals surface area contributed by atoms with Crippen LogP contribution in [0.3, 0.4) is 0 Å². The van der Waals surface area contributed by atoms with Crippen molar-refractivity contribution in [2.24, 2.45) is 0 Å². The zero-order chi connectivity index (χ0) is 14.3. The van der Waals surface area contributed by atoms with E-state index in [1.807, 2.05) is 0 Å². The van der Waals surface area contributed by atoms with E-state index in [-0.39, 0.29) is 47.9 Å². The summed E-state index contributed by atoms with van der Waals surface area (Å²) >= 11 is 0. The number of rotatable bonds is 0. The molecule has 0 aromatic rings. The van der Waals surface area contributed by atoms with Gasteiger partial charge in [0.1, 0.15) is 0 Å². The van der Waals surface area contributed by atoms with Crippen molar-refractivity contribution in [3.05, 3.63) is 0 Å². The van der Waals surface area contributed by atoms with Gasteiger partial charge in [-0.25, -0.2) is 0 Å². The van der Waals surface area contributed by atoms with E-state index in [0.29, 0.717) is 0 Å². The number of carbonyl (C=O) groups excluding carboxylic acids is 4. The van der Waals surface area contributed by atoms with Gasteiger partial charge in [0.05, 0.1) is 0 Å². The number of hydrogen-bond donors (Lipinski definition) is 0. The smallest absolute Gasteiger partial charge is 0.652 e. The Labute approximate surface area is 132 Å². The fourth-order valence-electron chi connectivity index (χ4n) is 0. The molecule has 14 heteroatoms. The normalized spacial score (nSPS) is 5.33. The van der Waals surface area contributed by atoms with Crippen molar-refractivity contribution in [2.45, 2.75) is 0 Å². The number of hydrogen-bond acceptors (Lipinski definition) is 12. The molecule has 0 bridgehead atoms. The van der Waals surface area contributed by atoms with E-state index in [1.54, 1.807) is 0 Å². The molecule has 0 aromatic heterocycles. The van der Waals surface area contributed by atoms with Crippen LogP contribution in [0.15, 0.2) is 0 Å². The fourth-order valence-corrected chi connectivity index (χ4v) is 0. The fraction of sp³-hybridized carbons (Fsp3) is 0. The Balaban J connectivity index is -0.0000000257. The molecule has 0 aromatic carbocycles. The van der Waals surface area contributed by atoms with Crippen molar-refractivity contribution in [2.75, 3.05) is 0 Å². The van der Waals surface area contributed by atoms with Gasteiger partial charge < -0.3 is 60.0 Å². The van der Waals surface area contributed by atoms with Crippen LogP contribution >= 0.6 is 0 Å². The quantitative estimate of drug-likeness (QED) is 0.355. The predicted molar refractivity (Wildman–Crippen MR) is 21.6 cm³/mol. The molecule has 0 unspecified atom stereocenters. The molecule has 0 saturated heterocycles. The summed E-state index contributed by atoms with van der Waals surface area (Å²) in [5.41, 5.74) is 0. The number of carboxylic acid groups (broad SMARTS) is 8. The Morgan fingerprint density at radius 3 is 0.444 bits per heavy atom. The van der Waals surface area contributed by atoms with Crippen molar-refractivity contribution in [3.63, 3.8) is 0 Å². The molecule has 0 heterocycles. The molecular weight excluding hydrogens is 379 g/mol. The minimum atomic E-state index is -2.33. The van der Waals surface area contributed by atoms with Gasteiger partial charge in [0.15, 0.2) is 0 Å². The van der Waals surface area contributed by atoms with Crippen LogP contribution in [0.25, 0.3) is 0 Å². The Morgan fingerprint density at radius 2 is 0.444 bits per heavy atom. The molecule has 0 N–H and O–H groups in total. The third-order valence-corrected chi connectivity index (χ3v) is 0. The van der Waals surface area contributed by atoms with Gasteiger partial charge in [-0.3, -0.25) is 0 Å². The van der Waals surface area contributed by atoms with E-state index < -0.39 is 24.6 Å². The minimum absolute atomic E-state index is 0. The molecular formula is C4O12TiZr. The maximum Gasteiger partial charge on any atom is 4.00 e. The second-order valence-electron chi connectivity index (χ2n) is 1.00. The predicted octanol–water partition coefficient (Wildman–Crippen LogP) is -9.79. The molecule has 0 atom stereocenters. The van der Waals surface area contributed by atoms with E-state index in [2.05, 4.69) is 0 Å². The summed E-state index contributed by atoms with van der Waals surface area (Å²) in [5.74, 6) is 0. The summed E-state index contributed by atoms with van der Waals surface area (Å²) in [6.45, 7) is 0. The van der Waals surface area contributed by atoms with Crippen LogP contribution in [0.2, 0.25) is 0 Å². The minimum Gasteiger partial charge on any atom is -0.652 e. The molecule has 0 aliphatic heterocycles. The molecule has 0 amide bonds. The maximum absolute atomic E-state index is 8.33. The second kappa shape index (κ2) is 29.6. The SMILES string of the molecule is O=C([O-])[O-].O=C([O-])[O-].O=C([O-])[O-].O=C([O-])[O-].[Ti+4].[Zr+4]. The zero-order valence-corrected chi connectivity index (χ0v) is 11.9. The molecule has 0 spiro atoms. The largest absolute Gasteiger partial charge is 4.00 e. The first-order valence-electron chi connectivity index (χ1n) is 2.45. The van der Waals surface area contributed by atoms with E-state index in [9.17, 15) is 0 Å². The van der Waals surface area contributed by atoms with Gasteiger partial charge in [-0.05, 0) is 24.6 Å². The van der Waals surface area contributed by atoms with E-state index in [0.717, 1.165) is 0 Å². The molecule has 96 valence electrons. The topological polar surface area (TPSA) is 253 Å². The van der Waals surface area contributed by atoms with Crippen LogP contribution in [0, 0.1) is 0 Å². The Kier molecular flexibility index (Phi) is 59.2.